The van der Waals surface area contributed by atoms with Gasteiger partial charge >= 0.3 is 0 Å². The molecular formula is C8H11N3O2. The van der Waals surface area contributed by atoms with Crippen molar-refractivity contribution < 1.29 is 10.2 Å². The van der Waals surface area contributed by atoms with E-state index in [4.69, 9.17) is 5.21 Å². The van der Waals surface area contributed by atoms with Crippen molar-refractivity contribution in [2.75, 3.05) is 7.05 Å². The molecule has 70 valence electrons. The van der Waals surface area contributed by atoms with Gasteiger partial charge in [0.05, 0.1) is 12.0 Å². The summed E-state index contributed by atoms with van der Waals surface area (Å²) in [5.41, 5.74) is 0.981. The monoisotopic (exact) mass is 181 g/mol. The smallest absolute Gasteiger partial charge is 0.230 e. The van der Waals surface area contributed by atoms with Crippen LogP contribution in [0.5, 0.6) is 0 Å². The first kappa shape index (κ1) is 9.31. The SMILES string of the molecule is CN(Cc1ccccc1)[N+]([O-])=NO. The average molecular weight is 181 g/mol. The molecule has 0 fully saturated rings. The van der Waals surface area contributed by atoms with Crippen molar-refractivity contribution in [2.24, 2.45) is 5.28 Å². The molecule has 1 aromatic carbocycles. The van der Waals surface area contributed by atoms with E-state index in [2.05, 4.69) is 5.28 Å². The summed E-state index contributed by atoms with van der Waals surface area (Å²) in [6.07, 6.45) is 0. The molecule has 0 aliphatic carbocycles. The van der Waals surface area contributed by atoms with Gasteiger partial charge in [0.25, 0.3) is 0 Å². The predicted molar refractivity (Wildman–Crippen MR) is 45.8 cm³/mol. The van der Waals surface area contributed by atoms with Gasteiger partial charge < -0.3 is 10.4 Å². The molecule has 0 bridgehead atoms. The zero-order valence-electron chi connectivity index (χ0n) is 7.29. The fourth-order valence-electron chi connectivity index (χ4n) is 0.976. The normalized spacial score (nSPS) is 11.3. The molecule has 13 heavy (non-hydrogen) atoms. The summed E-state index contributed by atoms with van der Waals surface area (Å²) in [7, 11) is 1.54. The van der Waals surface area contributed by atoms with Crippen LogP contribution in [0.4, 0.5) is 0 Å². The lowest BCUT2D eigenvalue weighted by Crippen LogP contribution is -2.25. The standard InChI is InChI=1S/C8H11N3O2/c1-10(11(13)9-12)7-8-5-3-2-4-6-8/h2-6,12H,7H2,1H3. The number of hydrogen-bond acceptors (Lipinski definition) is 2. The molecule has 0 spiro atoms. The lowest BCUT2D eigenvalue weighted by molar-refractivity contribution is -0.707. The van der Waals surface area contributed by atoms with Crippen molar-refractivity contribution in [3.63, 3.8) is 0 Å². The van der Waals surface area contributed by atoms with Crippen LogP contribution < -0.4 is 0 Å². The van der Waals surface area contributed by atoms with Gasteiger partial charge in [0.2, 0.25) is 5.28 Å². The van der Waals surface area contributed by atoms with Crippen LogP contribution in [-0.4, -0.2) is 22.2 Å². The summed E-state index contributed by atoms with van der Waals surface area (Å²) < 4.78 is 0. The first-order chi connectivity index (χ1) is 6.24. The summed E-state index contributed by atoms with van der Waals surface area (Å²) in [5.74, 6) is 0. The lowest BCUT2D eigenvalue weighted by Gasteiger charge is -2.11. The van der Waals surface area contributed by atoms with E-state index in [1.165, 1.54) is 5.01 Å². The molecule has 0 unspecified atom stereocenters. The molecule has 0 aromatic heterocycles. The van der Waals surface area contributed by atoms with Gasteiger partial charge in [0.1, 0.15) is 6.54 Å². The molecule has 0 heterocycles. The van der Waals surface area contributed by atoms with Crippen LogP contribution in [0.2, 0.25) is 0 Å². The Hall–Kier alpha value is -1.78. The highest BCUT2D eigenvalue weighted by Gasteiger charge is 2.05. The van der Waals surface area contributed by atoms with Crippen molar-refractivity contribution >= 4 is 0 Å². The average Bonchev–Trinajstić information content (AvgIpc) is 2.18. The van der Waals surface area contributed by atoms with Crippen LogP contribution in [0.1, 0.15) is 5.56 Å². The van der Waals surface area contributed by atoms with Gasteiger partial charge in [-0.15, -0.1) is 5.01 Å². The molecular weight excluding hydrogens is 170 g/mol. The van der Waals surface area contributed by atoms with Crippen LogP contribution in [0.15, 0.2) is 35.6 Å². The zero-order chi connectivity index (χ0) is 9.68. The second kappa shape index (κ2) is 4.30. The Labute approximate surface area is 76.0 Å². The number of nitrogens with zero attached hydrogens (tertiary/aromatic N) is 3. The van der Waals surface area contributed by atoms with Gasteiger partial charge in [-0.2, -0.15) is 0 Å². The van der Waals surface area contributed by atoms with E-state index in [1.807, 2.05) is 30.3 Å². The summed E-state index contributed by atoms with van der Waals surface area (Å²) in [5, 5.41) is 22.7. The van der Waals surface area contributed by atoms with Gasteiger partial charge in [0.15, 0.2) is 0 Å². The zero-order valence-corrected chi connectivity index (χ0v) is 7.29. The van der Waals surface area contributed by atoms with Crippen LogP contribution in [0, 0.1) is 5.21 Å². The third-order valence-electron chi connectivity index (χ3n) is 1.62. The van der Waals surface area contributed by atoms with E-state index >= 15 is 0 Å². The number of hydrazine groups is 1. The van der Waals surface area contributed by atoms with E-state index < -0.39 is 0 Å². The Morgan fingerprint density at radius 3 is 2.62 bits per heavy atom. The molecule has 0 aliphatic rings. The Bertz CT molecular complexity index is 287. The van der Waals surface area contributed by atoms with Crippen molar-refractivity contribution in [3.8, 4) is 0 Å². The van der Waals surface area contributed by atoms with Gasteiger partial charge in [0, 0.05) is 0 Å². The topological polar surface area (TPSA) is 61.9 Å². The summed E-state index contributed by atoms with van der Waals surface area (Å²) >= 11 is 0. The second-order valence-electron chi connectivity index (χ2n) is 2.64. The van der Waals surface area contributed by atoms with Crippen molar-refractivity contribution in [3.05, 3.63) is 41.1 Å². The van der Waals surface area contributed by atoms with E-state index in [0.717, 1.165) is 5.56 Å². The first-order valence-corrected chi connectivity index (χ1v) is 3.81. The number of benzene rings is 1. The molecule has 1 N–H and O–H groups in total. The Morgan fingerprint density at radius 1 is 1.46 bits per heavy atom. The summed E-state index contributed by atoms with van der Waals surface area (Å²) in [4.78, 5) is 0.132. The maximum atomic E-state index is 10.7. The van der Waals surface area contributed by atoms with Gasteiger partial charge in [-0.1, -0.05) is 30.3 Å². The van der Waals surface area contributed by atoms with Crippen LogP contribution >= 0.6 is 0 Å². The molecule has 0 saturated carbocycles. The minimum atomic E-state index is 0.132. The quantitative estimate of drug-likeness (QED) is 0.435. The molecule has 5 nitrogen and oxygen atoms in total. The van der Waals surface area contributed by atoms with Crippen LogP contribution in [0.25, 0.3) is 0 Å². The Kier molecular flexibility index (Phi) is 3.08. The molecule has 0 aliphatic heterocycles. The highest BCUT2D eigenvalue weighted by molar-refractivity contribution is 5.13. The molecule has 1 rings (SSSR count). The third kappa shape index (κ3) is 2.62. The van der Waals surface area contributed by atoms with Gasteiger partial charge in [-0.25, -0.2) is 0 Å². The minimum absolute atomic E-state index is 0.132. The molecule has 0 amide bonds. The molecule has 0 saturated heterocycles. The third-order valence-corrected chi connectivity index (χ3v) is 1.62. The van der Waals surface area contributed by atoms with Gasteiger partial charge in [-0.05, 0) is 5.56 Å². The maximum Gasteiger partial charge on any atom is 0.230 e. The number of rotatable bonds is 3. The maximum absolute atomic E-state index is 10.7. The molecule has 0 atom stereocenters. The van der Waals surface area contributed by atoms with Gasteiger partial charge in [-0.3, -0.25) is 0 Å². The molecule has 0 radical (unpaired) electrons. The van der Waals surface area contributed by atoms with E-state index in [1.54, 1.807) is 7.05 Å². The summed E-state index contributed by atoms with van der Waals surface area (Å²) in [6, 6.07) is 9.45. The van der Waals surface area contributed by atoms with Crippen molar-refractivity contribution in [1.29, 1.82) is 0 Å². The minimum Gasteiger partial charge on any atom is -0.569 e. The van der Waals surface area contributed by atoms with Crippen LogP contribution in [0.3, 0.4) is 0 Å². The van der Waals surface area contributed by atoms with E-state index in [0.29, 0.717) is 6.54 Å². The lowest BCUT2D eigenvalue weighted by atomic mass is 10.2. The fourth-order valence-corrected chi connectivity index (χ4v) is 0.976. The highest BCUT2D eigenvalue weighted by atomic mass is 16.6. The van der Waals surface area contributed by atoms with Crippen molar-refractivity contribution in [2.45, 2.75) is 6.54 Å². The summed E-state index contributed by atoms with van der Waals surface area (Å²) in [6.45, 7) is 0.411. The largest absolute Gasteiger partial charge is 0.569 e. The van der Waals surface area contributed by atoms with Crippen LogP contribution in [-0.2, 0) is 6.54 Å². The second-order valence-corrected chi connectivity index (χ2v) is 2.64. The van der Waals surface area contributed by atoms with E-state index in [-0.39, 0.29) is 4.97 Å². The molecule has 1 aromatic rings. The Balaban J connectivity index is 2.60. The fraction of sp³-hybridized carbons (Fsp3) is 0.250. The van der Waals surface area contributed by atoms with E-state index in [9.17, 15) is 5.21 Å². The molecule has 5 heteroatoms. The highest BCUT2D eigenvalue weighted by Crippen LogP contribution is 2.02. The first-order valence-electron chi connectivity index (χ1n) is 3.81. The number of hydrogen-bond donors (Lipinski definition) is 1. The van der Waals surface area contributed by atoms with Crippen molar-refractivity contribution in [1.82, 2.24) is 5.01 Å². The predicted octanol–water partition coefficient (Wildman–Crippen LogP) is 1.39. The Morgan fingerprint density at radius 2 is 2.08 bits per heavy atom.